The van der Waals surface area contributed by atoms with Gasteiger partial charge < -0.3 is 14.8 Å². The minimum absolute atomic E-state index is 0.616. The minimum Gasteiger partial charge on any atom is -0.497 e. The Kier molecular flexibility index (Phi) is 5.89. The molecule has 0 aliphatic heterocycles. The first-order valence-electron chi connectivity index (χ1n) is 6.86. The van der Waals surface area contributed by atoms with Crippen LogP contribution < -0.4 is 14.8 Å². The third-order valence-electron chi connectivity index (χ3n) is 2.96. The van der Waals surface area contributed by atoms with Crippen LogP contribution in [0.3, 0.4) is 0 Å². The highest BCUT2D eigenvalue weighted by atomic mass is 32.1. The number of ether oxygens (including phenoxy) is 2. The van der Waals surface area contributed by atoms with Gasteiger partial charge in [0.1, 0.15) is 18.1 Å². The van der Waals surface area contributed by atoms with Gasteiger partial charge in [0.15, 0.2) is 0 Å². The highest BCUT2D eigenvalue weighted by Gasteiger charge is 2.06. The maximum absolute atomic E-state index is 5.93. The van der Waals surface area contributed by atoms with Crippen molar-refractivity contribution in [2.24, 2.45) is 0 Å². The lowest BCUT2D eigenvalue weighted by molar-refractivity contribution is 0.304. The van der Waals surface area contributed by atoms with Crippen molar-refractivity contribution in [3.63, 3.8) is 0 Å². The smallest absolute Gasteiger partial charge is 0.124 e. The molecular weight excluding hydrogens is 270 g/mol. The summed E-state index contributed by atoms with van der Waals surface area (Å²) in [6.45, 7) is 4.57. The lowest BCUT2D eigenvalue weighted by atomic mass is 10.2. The van der Waals surface area contributed by atoms with E-state index in [9.17, 15) is 0 Å². The molecule has 0 aliphatic rings. The molecule has 0 fully saturated rings. The number of nitrogens with one attached hydrogen (secondary N) is 1. The van der Waals surface area contributed by atoms with Gasteiger partial charge in [-0.1, -0.05) is 13.0 Å². The van der Waals surface area contributed by atoms with Crippen LogP contribution in [-0.2, 0) is 13.2 Å². The van der Waals surface area contributed by atoms with Crippen molar-refractivity contribution in [1.82, 2.24) is 5.32 Å². The topological polar surface area (TPSA) is 30.5 Å². The van der Waals surface area contributed by atoms with Crippen LogP contribution in [-0.4, -0.2) is 13.7 Å². The van der Waals surface area contributed by atoms with Gasteiger partial charge in [0.2, 0.25) is 0 Å². The number of methoxy groups -OCH3 is 1. The number of hydrogen-bond acceptors (Lipinski definition) is 4. The van der Waals surface area contributed by atoms with E-state index in [2.05, 4.69) is 23.7 Å². The van der Waals surface area contributed by atoms with Gasteiger partial charge in [-0.25, -0.2) is 0 Å². The molecule has 2 rings (SSSR count). The summed E-state index contributed by atoms with van der Waals surface area (Å²) in [5.41, 5.74) is 1.13. The van der Waals surface area contributed by atoms with Crippen LogP contribution in [0.4, 0.5) is 0 Å². The van der Waals surface area contributed by atoms with E-state index in [1.54, 1.807) is 18.4 Å². The van der Waals surface area contributed by atoms with E-state index >= 15 is 0 Å². The molecule has 0 radical (unpaired) electrons. The van der Waals surface area contributed by atoms with Crippen molar-refractivity contribution in [2.45, 2.75) is 26.5 Å². The van der Waals surface area contributed by atoms with Crippen molar-refractivity contribution in [2.75, 3.05) is 13.7 Å². The normalized spacial score (nSPS) is 10.5. The van der Waals surface area contributed by atoms with Crippen molar-refractivity contribution in [1.29, 1.82) is 0 Å². The fraction of sp³-hybridized carbons (Fsp3) is 0.375. The molecular formula is C16H21NO2S. The van der Waals surface area contributed by atoms with E-state index < -0.39 is 0 Å². The van der Waals surface area contributed by atoms with Gasteiger partial charge in [0.05, 0.1) is 7.11 Å². The summed E-state index contributed by atoms with van der Waals surface area (Å²) in [6.07, 6.45) is 1.12. The van der Waals surface area contributed by atoms with E-state index in [1.165, 1.54) is 4.88 Å². The molecule has 4 heteroatoms. The monoisotopic (exact) mass is 291 g/mol. The number of hydrogen-bond donors (Lipinski definition) is 1. The predicted molar refractivity (Wildman–Crippen MR) is 83.6 cm³/mol. The third kappa shape index (κ3) is 4.25. The molecule has 0 aliphatic carbocycles. The molecule has 0 saturated heterocycles. The number of benzene rings is 1. The Balaban J connectivity index is 2.04. The second-order valence-electron chi connectivity index (χ2n) is 4.52. The van der Waals surface area contributed by atoms with Crippen molar-refractivity contribution >= 4 is 11.3 Å². The SMILES string of the molecule is CCCNCc1cc(OC)ccc1OCc1cccs1. The molecule has 0 bridgehead atoms. The molecule has 1 aromatic heterocycles. The zero-order valence-corrected chi connectivity index (χ0v) is 12.8. The zero-order chi connectivity index (χ0) is 14.2. The summed E-state index contributed by atoms with van der Waals surface area (Å²) in [5, 5.41) is 5.47. The van der Waals surface area contributed by atoms with Gasteiger partial charge in [-0.05, 0) is 42.6 Å². The Hall–Kier alpha value is -1.52. The average molecular weight is 291 g/mol. The maximum Gasteiger partial charge on any atom is 0.124 e. The van der Waals surface area contributed by atoms with Gasteiger partial charge in [-0.3, -0.25) is 0 Å². The molecule has 2 aromatic rings. The first-order valence-corrected chi connectivity index (χ1v) is 7.74. The fourth-order valence-corrected chi connectivity index (χ4v) is 2.52. The first kappa shape index (κ1) is 14.9. The number of thiophene rings is 1. The van der Waals surface area contributed by atoms with Crippen LogP contribution in [0.15, 0.2) is 35.7 Å². The molecule has 0 amide bonds. The summed E-state index contributed by atoms with van der Waals surface area (Å²) in [4.78, 5) is 1.23. The van der Waals surface area contributed by atoms with E-state index in [1.807, 2.05) is 24.3 Å². The lowest BCUT2D eigenvalue weighted by Gasteiger charge is -2.13. The molecule has 1 heterocycles. The summed E-state index contributed by atoms with van der Waals surface area (Å²) >= 11 is 1.71. The first-order chi connectivity index (χ1) is 9.83. The molecule has 108 valence electrons. The summed E-state index contributed by atoms with van der Waals surface area (Å²) in [6, 6.07) is 10.1. The standard InChI is InChI=1S/C16H21NO2S/c1-3-8-17-11-13-10-14(18-2)6-7-16(13)19-12-15-5-4-9-20-15/h4-7,9-10,17H,3,8,11-12H2,1-2H3. The van der Waals surface area contributed by atoms with Crippen LogP contribution >= 0.6 is 11.3 Å². The van der Waals surface area contributed by atoms with Crippen molar-refractivity contribution in [3.8, 4) is 11.5 Å². The zero-order valence-electron chi connectivity index (χ0n) is 12.0. The molecule has 0 unspecified atom stereocenters. The Bertz CT molecular complexity index is 511. The lowest BCUT2D eigenvalue weighted by Crippen LogP contribution is -2.14. The minimum atomic E-state index is 0.616. The molecule has 0 spiro atoms. The van der Waals surface area contributed by atoms with Gasteiger partial charge in [0, 0.05) is 17.0 Å². The van der Waals surface area contributed by atoms with Gasteiger partial charge in [0.25, 0.3) is 0 Å². The molecule has 3 nitrogen and oxygen atoms in total. The molecule has 0 atom stereocenters. The van der Waals surface area contributed by atoms with Gasteiger partial charge in [-0.2, -0.15) is 0 Å². The Labute approximate surface area is 124 Å². The summed E-state index contributed by atoms with van der Waals surface area (Å²) in [5.74, 6) is 1.78. The van der Waals surface area contributed by atoms with Crippen LogP contribution in [0, 0.1) is 0 Å². The van der Waals surface area contributed by atoms with E-state index in [0.717, 1.165) is 36.6 Å². The van der Waals surface area contributed by atoms with Crippen molar-refractivity contribution < 1.29 is 9.47 Å². The summed E-state index contributed by atoms with van der Waals surface area (Å²) in [7, 11) is 1.69. The van der Waals surface area contributed by atoms with Crippen LogP contribution in [0.5, 0.6) is 11.5 Å². The van der Waals surface area contributed by atoms with E-state index in [0.29, 0.717) is 6.61 Å². The Morgan fingerprint density at radius 3 is 2.85 bits per heavy atom. The molecule has 1 aromatic carbocycles. The van der Waals surface area contributed by atoms with Crippen LogP contribution in [0.1, 0.15) is 23.8 Å². The molecule has 0 saturated carbocycles. The fourth-order valence-electron chi connectivity index (χ4n) is 1.91. The van der Waals surface area contributed by atoms with Crippen molar-refractivity contribution in [3.05, 3.63) is 46.2 Å². The largest absolute Gasteiger partial charge is 0.497 e. The number of rotatable bonds is 8. The second kappa shape index (κ2) is 7.92. The van der Waals surface area contributed by atoms with E-state index in [-0.39, 0.29) is 0 Å². The molecule has 20 heavy (non-hydrogen) atoms. The third-order valence-corrected chi connectivity index (χ3v) is 3.81. The van der Waals surface area contributed by atoms with Crippen LogP contribution in [0.2, 0.25) is 0 Å². The van der Waals surface area contributed by atoms with Gasteiger partial charge >= 0.3 is 0 Å². The average Bonchev–Trinajstić information content (AvgIpc) is 2.99. The Morgan fingerprint density at radius 1 is 1.25 bits per heavy atom. The Morgan fingerprint density at radius 2 is 2.15 bits per heavy atom. The molecule has 1 N–H and O–H groups in total. The van der Waals surface area contributed by atoms with Gasteiger partial charge in [-0.15, -0.1) is 11.3 Å². The maximum atomic E-state index is 5.93. The second-order valence-corrected chi connectivity index (χ2v) is 5.55. The highest BCUT2D eigenvalue weighted by Crippen LogP contribution is 2.25. The van der Waals surface area contributed by atoms with E-state index in [4.69, 9.17) is 9.47 Å². The highest BCUT2D eigenvalue weighted by molar-refractivity contribution is 7.09. The quantitative estimate of drug-likeness (QED) is 0.750. The predicted octanol–water partition coefficient (Wildman–Crippen LogP) is 3.84. The van der Waals surface area contributed by atoms with Crippen LogP contribution in [0.25, 0.3) is 0 Å². The summed E-state index contributed by atoms with van der Waals surface area (Å²) < 4.78 is 11.2.